The zero-order valence-electron chi connectivity index (χ0n) is 12.9. The first kappa shape index (κ1) is 13.9. The molecule has 0 bridgehead atoms. The molecule has 2 aromatic carbocycles. The maximum atomic E-state index is 4.00. The Labute approximate surface area is 126 Å². The first-order chi connectivity index (χ1) is 10.3. The van der Waals surface area contributed by atoms with E-state index >= 15 is 0 Å². The van der Waals surface area contributed by atoms with Crippen LogP contribution in [-0.2, 0) is 6.42 Å². The van der Waals surface area contributed by atoms with E-state index in [2.05, 4.69) is 69.0 Å². The van der Waals surface area contributed by atoms with Gasteiger partial charge in [-0.3, -0.25) is 0 Å². The molecule has 0 spiro atoms. The van der Waals surface area contributed by atoms with Crippen LogP contribution in [-0.4, -0.2) is 0 Å². The molecular formula is C21H22. The van der Waals surface area contributed by atoms with Gasteiger partial charge in [-0.25, -0.2) is 0 Å². The van der Waals surface area contributed by atoms with Crippen LogP contribution in [0.4, 0.5) is 0 Å². The van der Waals surface area contributed by atoms with Crippen molar-refractivity contribution in [1.82, 2.24) is 0 Å². The summed E-state index contributed by atoms with van der Waals surface area (Å²) in [7, 11) is 0. The summed E-state index contributed by atoms with van der Waals surface area (Å²) < 4.78 is 0. The third-order valence-electron chi connectivity index (χ3n) is 4.36. The fraction of sp³-hybridized carbons (Fsp3) is 0.238. The summed E-state index contributed by atoms with van der Waals surface area (Å²) in [4.78, 5) is 0. The molecule has 0 fully saturated rings. The Morgan fingerprint density at radius 2 is 2.10 bits per heavy atom. The summed E-state index contributed by atoms with van der Waals surface area (Å²) in [5, 5.41) is 5.53. The molecule has 0 N–H and O–H groups in total. The highest BCUT2D eigenvalue weighted by Crippen LogP contribution is 2.22. The van der Waals surface area contributed by atoms with Crippen molar-refractivity contribution < 1.29 is 0 Å². The minimum atomic E-state index is 0.363. The SMILES string of the molecule is C=CC(C)C1=c2/c(=C\CC)ccc3cccc(c23)CC=C1. The second-order valence-corrected chi connectivity index (χ2v) is 5.74. The van der Waals surface area contributed by atoms with E-state index in [1.54, 1.807) is 0 Å². The van der Waals surface area contributed by atoms with Crippen molar-refractivity contribution in [2.75, 3.05) is 0 Å². The van der Waals surface area contributed by atoms with Gasteiger partial charge in [-0.15, -0.1) is 6.58 Å². The topological polar surface area (TPSA) is 0 Å². The quantitative estimate of drug-likeness (QED) is 0.739. The van der Waals surface area contributed by atoms with Gasteiger partial charge >= 0.3 is 0 Å². The molecule has 0 heterocycles. The van der Waals surface area contributed by atoms with Crippen LogP contribution in [0.15, 0.2) is 55.1 Å². The van der Waals surface area contributed by atoms with Gasteiger partial charge in [-0.05, 0) is 51.1 Å². The number of allylic oxidation sites excluding steroid dienone is 3. The van der Waals surface area contributed by atoms with Gasteiger partial charge in [0, 0.05) is 0 Å². The van der Waals surface area contributed by atoms with E-state index in [0.717, 1.165) is 12.8 Å². The molecule has 21 heavy (non-hydrogen) atoms. The van der Waals surface area contributed by atoms with Gasteiger partial charge in [0.2, 0.25) is 0 Å². The molecule has 1 aliphatic carbocycles. The third kappa shape index (κ3) is 2.35. The summed E-state index contributed by atoms with van der Waals surface area (Å²) in [6.07, 6.45) is 11.0. The average molecular weight is 274 g/mol. The van der Waals surface area contributed by atoms with Crippen LogP contribution in [0.5, 0.6) is 0 Å². The van der Waals surface area contributed by atoms with Gasteiger partial charge < -0.3 is 0 Å². The van der Waals surface area contributed by atoms with Gasteiger partial charge in [0.05, 0.1) is 0 Å². The largest absolute Gasteiger partial charge is 0.102 e. The molecule has 0 radical (unpaired) electrons. The molecule has 0 saturated heterocycles. The smallest absolute Gasteiger partial charge is 0.000685 e. The van der Waals surface area contributed by atoms with E-state index in [4.69, 9.17) is 0 Å². The lowest BCUT2D eigenvalue weighted by Crippen LogP contribution is -2.29. The Bertz CT molecular complexity index is 834. The first-order valence-corrected chi connectivity index (χ1v) is 7.80. The Morgan fingerprint density at radius 3 is 2.86 bits per heavy atom. The molecule has 0 nitrogen and oxygen atoms in total. The van der Waals surface area contributed by atoms with Crippen molar-refractivity contribution >= 4 is 22.4 Å². The molecule has 1 atom stereocenters. The van der Waals surface area contributed by atoms with E-state index in [-0.39, 0.29) is 0 Å². The highest BCUT2D eigenvalue weighted by atomic mass is 14.2. The zero-order valence-corrected chi connectivity index (χ0v) is 12.9. The average Bonchev–Trinajstić information content (AvgIpc) is 2.71. The van der Waals surface area contributed by atoms with E-state index in [1.165, 1.54) is 32.3 Å². The second-order valence-electron chi connectivity index (χ2n) is 5.74. The van der Waals surface area contributed by atoms with Crippen LogP contribution in [0.3, 0.4) is 0 Å². The molecule has 0 saturated carbocycles. The molecular weight excluding hydrogens is 252 g/mol. The van der Waals surface area contributed by atoms with Crippen LogP contribution in [0.2, 0.25) is 0 Å². The van der Waals surface area contributed by atoms with Crippen LogP contribution in [0.25, 0.3) is 22.4 Å². The molecule has 2 aromatic rings. The minimum absolute atomic E-state index is 0.363. The Hall–Kier alpha value is -2.08. The standard InChI is InChI=1S/C21H22/c1-4-8-16-13-14-18-10-6-9-17-11-7-12-19(15(3)5-2)21(16)20(17)18/h5-10,12-15H,2,4,11H2,1,3H3/b16-8-. The second kappa shape index (κ2) is 5.73. The highest BCUT2D eigenvalue weighted by Gasteiger charge is 2.11. The summed E-state index contributed by atoms with van der Waals surface area (Å²) in [5.41, 5.74) is 2.82. The molecule has 0 amide bonds. The number of benzene rings is 2. The minimum Gasteiger partial charge on any atom is -0.102 e. The van der Waals surface area contributed by atoms with Gasteiger partial charge in [-0.2, -0.15) is 0 Å². The maximum absolute atomic E-state index is 4.00. The Morgan fingerprint density at radius 1 is 1.24 bits per heavy atom. The van der Waals surface area contributed by atoms with E-state index in [0.29, 0.717) is 5.92 Å². The van der Waals surface area contributed by atoms with Crippen molar-refractivity contribution in [3.8, 4) is 0 Å². The van der Waals surface area contributed by atoms with Crippen molar-refractivity contribution in [1.29, 1.82) is 0 Å². The monoisotopic (exact) mass is 274 g/mol. The van der Waals surface area contributed by atoms with Gasteiger partial charge in [-0.1, -0.05) is 68.5 Å². The number of hydrogen-bond donors (Lipinski definition) is 0. The van der Waals surface area contributed by atoms with Crippen molar-refractivity contribution in [3.05, 3.63) is 71.1 Å². The van der Waals surface area contributed by atoms with E-state index < -0.39 is 0 Å². The molecule has 3 rings (SSSR count). The van der Waals surface area contributed by atoms with E-state index in [1.807, 2.05) is 6.08 Å². The molecule has 1 aliphatic rings. The lowest BCUT2D eigenvalue weighted by molar-refractivity contribution is 0.968. The predicted molar refractivity (Wildman–Crippen MR) is 93.6 cm³/mol. The van der Waals surface area contributed by atoms with Crippen LogP contribution >= 0.6 is 0 Å². The number of hydrogen-bond acceptors (Lipinski definition) is 0. The number of rotatable bonds is 3. The van der Waals surface area contributed by atoms with Gasteiger partial charge in [0.1, 0.15) is 0 Å². The lowest BCUT2D eigenvalue weighted by atomic mass is 9.93. The Kier molecular flexibility index (Phi) is 3.79. The van der Waals surface area contributed by atoms with Crippen LogP contribution < -0.4 is 10.4 Å². The summed E-state index contributed by atoms with van der Waals surface area (Å²) >= 11 is 0. The predicted octanol–water partition coefficient (Wildman–Crippen LogP) is 4.12. The molecule has 0 heteroatoms. The molecule has 0 aliphatic heterocycles. The normalized spacial score (nSPS) is 16.1. The van der Waals surface area contributed by atoms with Gasteiger partial charge in [0.15, 0.2) is 0 Å². The summed E-state index contributed by atoms with van der Waals surface area (Å²) in [5.74, 6) is 0.363. The highest BCUT2D eigenvalue weighted by molar-refractivity contribution is 5.90. The maximum Gasteiger partial charge on any atom is -0.000685 e. The van der Waals surface area contributed by atoms with Crippen molar-refractivity contribution in [3.63, 3.8) is 0 Å². The summed E-state index contributed by atoms with van der Waals surface area (Å²) in [6.45, 7) is 8.43. The third-order valence-corrected chi connectivity index (χ3v) is 4.36. The van der Waals surface area contributed by atoms with Crippen molar-refractivity contribution in [2.45, 2.75) is 26.7 Å². The van der Waals surface area contributed by atoms with Crippen molar-refractivity contribution in [2.24, 2.45) is 5.92 Å². The molecule has 106 valence electrons. The van der Waals surface area contributed by atoms with Crippen LogP contribution in [0, 0.1) is 5.92 Å². The fourth-order valence-electron chi connectivity index (χ4n) is 3.24. The van der Waals surface area contributed by atoms with Gasteiger partial charge in [0.25, 0.3) is 0 Å². The molecule has 1 unspecified atom stereocenters. The molecule has 0 aromatic heterocycles. The van der Waals surface area contributed by atoms with Crippen LogP contribution in [0.1, 0.15) is 25.8 Å². The lowest BCUT2D eigenvalue weighted by Gasteiger charge is -2.11. The zero-order chi connectivity index (χ0) is 14.8. The fourth-order valence-corrected chi connectivity index (χ4v) is 3.24. The summed E-state index contributed by atoms with van der Waals surface area (Å²) in [6, 6.07) is 11.2. The first-order valence-electron chi connectivity index (χ1n) is 7.80. The Balaban J connectivity index is 2.61. The van der Waals surface area contributed by atoms with E-state index in [9.17, 15) is 0 Å².